The van der Waals surface area contributed by atoms with E-state index in [4.69, 9.17) is 4.52 Å². The quantitative estimate of drug-likeness (QED) is 0.860. The number of likely N-dealkylation sites (tertiary alicyclic amines) is 1. The molecule has 5 nitrogen and oxygen atoms in total. The summed E-state index contributed by atoms with van der Waals surface area (Å²) in [5, 5.41) is 3.95. The molecule has 0 radical (unpaired) electrons. The molecular weight excluding hydrogens is 321 g/mol. The van der Waals surface area contributed by atoms with Gasteiger partial charge in [0, 0.05) is 24.6 Å². The highest BCUT2D eigenvalue weighted by Gasteiger charge is 2.47. The lowest BCUT2D eigenvalue weighted by Crippen LogP contribution is -2.51. The molecule has 2 aromatic rings. The molecule has 3 atom stereocenters. The van der Waals surface area contributed by atoms with Crippen molar-refractivity contribution in [3.63, 3.8) is 0 Å². The van der Waals surface area contributed by atoms with Crippen molar-refractivity contribution in [3.8, 4) is 11.4 Å². The van der Waals surface area contributed by atoms with E-state index >= 15 is 0 Å². The van der Waals surface area contributed by atoms with Gasteiger partial charge in [0.2, 0.25) is 17.6 Å². The summed E-state index contributed by atoms with van der Waals surface area (Å²) in [5.41, 5.74) is 0.601. The van der Waals surface area contributed by atoms with Crippen molar-refractivity contribution < 1.29 is 13.7 Å². The van der Waals surface area contributed by atoms with Crippen LogP contribution in [0, 0.1) is 23.6 Å². The largest absolute Gasteiger partial charge is 0.341 e. The summed E-state index contributed by atoms with van der Waals surface area (Å²) in [6, 6.07) is 6.15. The Labute approximate surface area is 145 Å². The molecule has 3 aliphatic rings. The van der Waals surface area contributed by atoms with Crippen molar-refractivity contribution >= 4 is 5.91 Å². The number of aromatic nitrogens is 2. The predicted molar refractivity (Wildman–Crippen MR) is 88.0 cm³/mol. The predicted octanol–water partition coefficient (Wildman–Crippen LogP) is 3.24. The molecule has 6 heteroatoms. The molecule has 3 fully saturated rings. The Kier molecular flexibility index (Phi) is 3.40. The van der Waals surface area contributed by atoms with Gasteiger partial charge in [-0.3, -0.25) is 4.79 Å². The zero-order valence-corrected chi connectivity index (χ0v) is 13.9. The molecule has 1 aromatic heterocycles. The number of amides is 1. The number of halogens is 1. The van der Waals surface area contributed by atoms with Gasteiger partial charge in [0.15, 0.2) is 0 Å². The second-order valence-electron chi connectivity index (χ2n) is 7.69. The number of carbonyl (C=O) groups excluding carboxylic acids is 1. The topological polar surface area (TPSA) is 59.2 Å². The number of hydrogen-bond donors (Lipinski definition) is 0. The maximum atomic E-state index is 13.3. The van der Waals surface area contributed by atoms with Crippen LogP contribution in [0.1, 0.15) is 37.5 Å². The first-order valence-corrected chi connectivity index (χ1v) is 9.05. The van der Waals surface area contributed by atoms with Crippen LogP contribution in [-0.4, -0.2) is 34.0 Å². The fourth-order valence-corrected chi connectivity index (χ4v) is 4.74. The minimum absolute atomic E-state index is 0.0948. The van der Waals surface area contributed by atoms with E-state index in [2.05, 4.69) is 10.1 Å². The molecule has 1 aromatic carbocycles. The fourth-order valence-electron chi connectivity index (χ4n) is 4.74. The Bertz CT molecular complexity index is 815. The third-order valence-electron chi connectivity index (χ3n) is 6.12. The van der Waals surface area contributed by atoms with Crippen LogP contribution in [0.4, 0.5) is 4.39 Å². The standard InChI is InChI=1S/C19H20FN3O2/c20-15-3-1-2-13(8-15)17-21-18(25-22-17)14-9-23(10-14)19(24)16-7-11-4-5-12(16)6-11/h1-3,8,11-12,14,16H,4-7,9-10H2/t11?,12?,16-/m0/s1. The summed E-state index contributed by atoms with van der Waals surface area (Å²) in [6.07, 6.45) is 4.85. The lowest BCUT2D eigenvalue weighted by molar-refractivity contribution is -0.142. The first-order valence-electron chi connectivity index (χ1n) is 9.05. The highest BCUT2D eigenvalue weighted by Crippen LogP contribution is 2.49. The lowest BCUT2D eigenvalue weighted by Gasteiger charge is -2.40. The van der Waals surface area contributed by atoms with Gasteiger partial charge in [0.25, 0.3) is 0 Å². The molecule has 0 N–H and O–H groups in total. The van der Waals surface area contributed by atoms with Crippen molar-refractivity contribution in [1.82, 2.24) is 15.0 Å². The molecule has 130 valence electrons. The lowest BCUT2D eigenvalue weighted by atomic mass is 9.86. The van der Waals surface area contributed by atoms with E-state index in [0.717, 1.165) is 12.3 Å². The van der Waals surface area contributed by atoms with Crippen LogP contribution in [0.3, 0.4) is 0 Å². The summed E-state index contributed by atoms with van der Waals surface area (Å²) >= 11 is 0. The van der Waals surface area contributed by atoms with Gasteiger partial charge in [0.05, 0.1) is 5.92 Å². The Balaban J connectivity index is 1.23. The van der Waals surface area contributed by atoms with Gasteiger partial charge in [-0.2, -0.15) is 4.98 Å². The van der Waals surface area contributed by atoms with Gasteiger partial charge in [-0.05, 0) is 43.2 Å². The second-order valence-corrected chi connectivity index (χ2v) is 7.69. The molecular formula is C19H20FN3O2. The van der Waals surface area contributed by atoms with E-state index in [0.29, 0.717) is 42.2 Å². The normalized spacial score (nSPS) is 28.4. The third kappa shape index (κ3) is 2.55. The summed E-state index contributed by atoms with van der Waals surface area (Å²) in [5.74, 6) is 2.65. The summed E-state index contributed by atoms with van der Waals surface area (Å²) in [4.78, 5) is 19.0. The van der Waals surface area contributed by atoms with Crippen molar-refractivity contribution in [1.29, 1.82) is 0 Å². The molecule has 25 heavy (non-hydrogen) atoms. The Hall–Kier alpha value is -2.24. The van der Waals surface area contributed by atoms with Crippen LogP contribution in [0.25, 0.3) is 11.4 Å². The smallest absolute Gasteiger partial charge is 0.233 e. The highest BCUT2D eigenvalue weighted by molar-refractivity contribution is 5.80. The molecule has 1 saturated heterocycles. The summed E-state index contributed by atoms with van der Waals surface area (Å²) in [6.45, 7) is 1.30. The minimum Gasteiger partial charge on any atom is -0.341 e. The number of fused-ring (bicyclic) bond motifs is 2. The van der Waals surface area contributed by atoms with Crippen LogP contribution in [0.2, 0.25) is 0 Å². The van der Waals surface area contributed by atoms with Gasteiger partial charge in [-0.15, -0.1) is 0 Å². The van der Waals surface area contributed by atoms with E-state index in [1.807, 2.05) is 4.90 Å². The van der Waals surface area contributed by atoms with E-state index in [1.54, 1.807) is 12.1 Å². The maximum absolute atomic E-state index is 13.3. The SMILES string of the molecule is O=C([C@H]1CC2CCC1C2)N1CC(c2nc(-c3cccc(F)c3)no2)C1. The van der Waals surface area contributed by atoms with Gasteiger partial charge < -0.3 is 9.42 Å². The number of nitrogens with zero attached hydrogens (tertiary/aromatic N) is 3. The first kappa shape index (κ1) is 15.0. The molecule has 2 heterocycles. The molecule has 0 spiro atoms. The molecule has 1 aliphatic heterocycles. The van der Waals surface area contributed by atoms with Crippen molar-refractivity contribution in [2.75, 3.05) is 13.1 Å². The average Bonchev–Trinajstić information content (AvgIpc) is 3.30. The van der Waals surface area contributed by atoms with Crippen molar-refractivity contribution in [2.24, 2.45) is 17.8 Å². The van der Waals surface area contributed by atoms with Gasteiger partial charge >= 0.3 is 0 Å². The number of benzene rings is 1. The first-order chi connectivity index (χ1) is 12.2. The van der Waals surface area contributed by atoms with Crippen molar-refractivity contribution in [2.45, 2.75) is 31.6 Å². The Morgan fingerprint density at radius 2 is 2.12 bits per heavy atom. The third-order valence-corrected chi connectivity index (χ3v) is 6.12. The molecule has 5 rings (SSSR count). The molecule has 1 amide bonds. The molecule has 2 saturated carbocycles. The zero-order chi connectivity index (χ0) is 17.0. The van der Waals surface area contributed by atoms with E-state index in [1.165, 1.54) is 31.4 Å². The number of carbonyl (C=O) groups is 1. The van der Waals surface area contributed by atoms with Crippen LogP contribution in [-0.2, 0) is 4.79 Å². The Morgan fingerprint density at radius 3 is 2.84 bits per heavy atom. The van der Waals surface area contributed by atoms with Gasteiger partial charge in [0.1, 0.15) is 5.82 Å². The fraction of sp³-hybridized carbons (Fsp3) is 0.526. The maximum Gasteiger partial charge on any atom is 0.233 e. The summed E-state index contributed by atoms with van der Waals surface area (Å²) < 4.78 is 18.7. The van der Waals surface area contributed by atoms with Gasteiger partial charge in [-0.1, -0.05) is 23.7 Å². The monoisotopic (exact) mass is 341 g/mol. The van der Waals surface area contributed by atoms with E-state index in [-0.39, 0.29) is 17.7 Å². The molecule has 2 bridgehead atoms. The molecule has 2 unspecified atom stereocenters. The van der Waals surface area contributed by atoms with E-state index < -0.39 is 0 Å². The van der Waals surface area contributed by atoms with Gasteiger partial charge in [-0.25, -0.2) is 4.39 Å². The van der Waals surface area contributed by atoms with Crippen molar-refractivity contribution in [3.05, 3.63) is 36.0 Å². The van der Waals surface area contributed by atoms with Crippen LogP contribution < -0.4 is 0 Å². The van der Waals surface area contributed by atoms with Crippen LogP contribution in [0.15, 0.2) is 28.8 Å². The van der Waals surface area contributed by atoms with Crippen LogP contribution >= 0.6 is 0 Å². The Morgan fingerprint density at radius 1 is 1.24 bits per heavy atom. The zero-order valence-electron chi connectivity index (χ0n) is 13.9. The van der Waals surface area contributed by atoms with E-state index in [9.17, 15) is 9.18 Å². The summed E-state index contributed by atoms with van der Waals surface area (Å²) in [7, 11) is 0. The van der Waals surface area contributed by atoms with Crippen LogP contribution in [0.5, 0.6) is 0 Å². The molecule has 2 aliphatic carbocycles. The number of hydrogen-bond acceptors (Lipinski definition) is 4. The average molecular weight is 341 g/mol. The highest BCUT2D eigenvalue weighted by atomic mass is 19.1. The second kappa shape index (κ2) is 5.64. The minimum atomic E-state index is -0.324. The number of rotatable bonds is 3.